The van der Waals surface area contributed by atoms with Crippen molar-refractivity contribution in [1.29, 1.82) is 0 Å². The van der Waals surface area contributed by atoms with Crippen LogP contribution in [0.15, 0.2) is 34.9 Å². The number of carboxylic acids is 1. The lowest BCUT2D eigenvalue weighted by Crippen LogP contribution is -1.96. The van der Waals surface area contributed by atoms with E-state index in [2.05, 4.69) is 0 Å². The Morgan fingerprint density at radius 3 is 2.83 bits per heavy atom. The van der Waals surface area contributed by atoms with Crippen molar-refractivity contribution in [2.45, 2.75) is 6.61 Å². The molecule has 0 fully saturated rings. The first-order valence-electron chi connectivity index (χ1n) is 4.95. The van der Waals surface area contributed by atoms with Crippen LogP contribution in [0.3, 0.4) is 0 Å². The standard InChI is InChI=1S/C12H8ClFO4/c13-10-4-8(14)1-2-11(10)18-6-9-3-7(5-17-9)12(15)16/h1-5H,6H2,(H,15,16). The van der Waals surface area contributed by atoms with Crippen molar-refractivity contribution in [1.82, 2.24) is 0 Å². The Balaban J connectivity index is 2.04. The first-order valence-corrected chi connectivity index (χ1v) is 5.32. The number of carboxylic acid groups (broad SMARTS) is 1. The van der Waals surface area contributed by atoms with Crippen molar-refractivity contribution in [3.05, 3.63) is 52.7 Å². The molecule has 0 amide bonds. The first-order chi connectivity index (χ1) is 8.56. The van der Waals surface area contributed by atoms with E-state index in [9.17, 15) is 9.18 Å². The molecule has 0 radical (unpaired) electrons. The van der Waals surface area contributed by atoms with Gasteiger partial charge in [0.05, 0.1) is 10.6 Å². The van der Waals surface area contributed by atoms with E-state index in [0.717, 1.165) is 12.3 Å². The zero-order chi connectivity index (χ0) is 13.1. The van der Waals surface area contributed by atoms with E-state index in [1.165, 1.54) is 18.2 Å². The number of aromatic carboxylic acids is 1. The number of ether oxygens (including phenoxy) is 1. The fourth-order valence-electron chi connectivity index (χ4n) is 1.31. The Kier molecular flexibility index (Phi) is 3.53. The van der Waals surface area contributed by atoms with Gasteiger partial charge in [-0.05, 0) is 24.3 Å². The molecule has 18 heavy (non-hydrogen) atoms. The molecule has 94 valence electrons. The van der Waals surface area contributed by atoms with Crippen LogP contribution in [-0.2, 0) is 6.61 Å². The lowest BCUT2D eigenvalue weighted by molar-refractivity contribution is 0.0696. The Morgan fingerprint density at radius 2 is 2.22 bits per heavy atom. The fourth-order valence-corrected chi connectivity index (χ4v) is 1.53. The van der Waals surface area contributed by atoms with Crippen LogP contribution in [0, 0.1) is 5.82 Å². The second kappa shape index (κ2) is 5.10. The summed E-state index contributed by atoms with van der Waals surface area (Å²) >= 11 is 5.76. The molecule has 0 unspecified atom stereocenters. The number of furan rings is 1. The van der Waals surface area contributed by atoms with Gasteiger partial charge in [0.25, 0.3) is 0 Å². The van der Waals surface area contributed by atoms with Crippen LogP contribution in [0.25, 0.3) is 0 Å². The monoisotopic (exact) mass is 270 g/mol. The number of halogens is 2. The molecule has 4 nitrogen and oxygen atoms in total. The van der Waals surface area contributed by atoms with Gasteiger partial charge in [0.15, 0.2) is 0 Å². The zero-order valence-electron chi connectivity index (χ0n) is 9.02. The van der Waals surface area contributed by atoms with Gasteiger partial charge in [-0.3, -0.25) is 0 Å². The summed E-state index contributed by atoms with van der Waals surface area (Å²) in [7, 11) is 0. The second-order valence-electron chi connectivity index (χ2n) is 3.47. The highest BCUT2D eigenvalue weighted by Gasteiger charge is 2.09. The smallest absolute Gasteiger partial charge is 0.338 e. The van der Waals surface area contributed by atoms with Crippen LogP contribution >= 0.6 is 11.6 Å². The third-order valence-corrected chi connectivity index (χ3v) is 2.46. The molecule has 0 spiro atoms. The Hall–Kier alpha value is -2.01. The molecule has 1 heterocycles. The van der Waals surface area contributed by atoms with E-state index in [-0.39, 0.29) is 17.2 Å². The van der Waals surface area contributed by atoms with Crippen molar-refractivity contribution in [2.24, 2.45) is 0 Å². The minimum atomic E-state index is -1.08. The molecule has 0 atom stereocenters. The Morgan fingerprint density at radius 1 is 1.44 bits per heavy atom. The highest BCUT2D eigenvalue weighted by Crippen LogP contribution is 2.25. The molecule has 6 heteroatoms. The predicted octanol–water partition coefficient (Wildman–Crippen LogP) is 3.35. The van der Waals surface area contributed by atoms with E-state index in [0.29, 0.717) is 11.5 Å². The van der Waals surface area contributed by atoms with Gasteiger partial charge in [0.1, 0.15) is 30.2 Å². The summed E-state index contributed by atoms with van der Waals surface area (Å²) in [5.74, 6) is -0.901. The van der Waals surface area contributed by atoms with E-state index in [4.69, 9.17) is 25.9 Å². The maximum Gasteiger partial charge on any atom is 0.338 e. The van der Waals surface area contributed by atoms with Crippen LogP contribution in [0.2, 0.25) is 5.02 Å². The molecule has 2 rings (SSSR count). The number of benzene rings is 1. The van der Waals surface area contributed by atoms with Crippen molar-refractivity contribution in [2.75, 3.05) is 0 Å². The first kappa shape index (κ1) is 12.4. The molecule has 0 saturated carbocycles. The minimum absolute atomic E-state index is 0.0125. The van der Waals surface area contributed by atoms with Crippen molar-refractivity contribution >= 4 is 17.6 Å². The van der Waals surface area contributed by atoms with Gasteiger partial charge in [-0.15, -0.1) is 0 Å². The number of rotatable bonds is 4. The van der Waals surface area contributed by atoms with Crippen LogP contribution in [0.4, 0.5) is 4.39 Å². The number of hydrogen-bond acceptors (Lipinski definition) is 3. The summed E-state index contributed by atoms with van der Waals surface area (Å²) in [5, 5.41) is 8.83. The van der Waals surface area contributed by atoms with E-state index >= 15 is 0 Å². The van der Waals surface area contributed by atoms with Gasteiger partial charge in [-0.1, -0.05) is 11.6 Å². The quantitative estimate of drug-likeness (QED) is 0.925. The third kappa shape index (κ3) is 2.81. The lowest BCUT2D eigenvalue weighted by atomic mass is 10.3. The zero-order valence-corrected chi connectivity index (χ0v) is 9.78. The normalized spacial score (nSPS) is 10.3. The Bertz CT molecular complexity index is 579. The average molecular weight is 271 g/mol. The van der Waals surface area contributed by atoms with Crippen LogP contribution in [-0.4, -0.2) is 11.1 Å². The van der Waals surface area contributed by atoms with Crippen molar-refractivity contribution < 1.29 is 23.4 Å². The summed E-state index contributed by atoms with van der Waals surface area (Å²) in [4.78, 5) is 10.6. The molecule has 2 aromatic rings. The molecule has 1 N–H and O–H groups in total. The minimum Gasteiger partial charge on any atom is -0.484 e. The topological polar surface area (TPSA) is 59.7 Å². The van der Waals surface area contributed by atoms with Crippen LogP contribution < -0.4 is 4.74 Å². The molecular weight excluding hydrogens is 263 g/mol. The molecule has 0 bridgehead atoms. The van der Waals surface area contributed by atoms with Crippen molar-refractivity contribution in [3.63, 3.8) is 0 Å². The molecule has 1 aromatic carbocycles. The van der Waals surface area contributed by atoms with Crippen molar-refractivity contribution in [3.8, 4) is 5.75 Å². The van der Waals surface area contributed by atoms with Gasteiger partial charge in [0, 0.05) is 0 Å². The molecule has 0 saturated heterocycles. The largest absolute Gasteiger partial charge is 0.484 e. The summed E-state index contributed by atoms with van der Waals surface area (Å²) in [6, 6.07) is 5.08. The maximum absolute atomic E-state index is 12.8. The summed E-state index contributed by atoms with van der Waals surface area (Å²) in [6.45, 7) is 0.0125. The van der Waals surface area contributed by atoms with E-state index in [1.807, 2.05) is 0 Å². The molecule has 1 aromatic heterocycles. The average Bonchev–Trinajstić information content (AvgIpc) is 2.76. The van der Waals surface area contributed by atoms with E-state index < -0.39 is 11.8 Å². The summed E-state index contributed by atoms with van der Waals surface area (Å²) < 4.78 is 23.1. The van der Waals surface area contributed by atoms with E-state index in [1.54, 1.807) is 0 Å². The van der Waals surface area contributed by atoms with Gasteiger partial charge >= 0.3 is 5.97 Å². The van der Waals surface area contributed by atoms with Gasteiger partial charge in [-0.2, -0.15) is 0 Å². The van der Waals surface area contributed by atoms with Gasteiger partial charge in [0.2, 0.25) is 0 Å². The highest BCUT2D eigenvalue weighted by atomic mass is 35.5. The van der Waals surface area contributed by atoms with Crippen LogP contribution in [0.1, 0.15) is 16.1 Å². The highest BCUT2D eigenvalue weighted by molar-refractivity contribution is 6.32. The number of hydrogen-bond donors (Lipinski definition) is 1. The lowest BCUT2D eigenvalue weighted by Gasteiger charge is -2.05. The second-order valence-corrected chi connectivity index (χ2v) is 3.88. The Labute approximate surface area is 107 Å². The molecular formula is C12H8ClFO4. The predicted molar refractivity (Wildman–Crippen MR) is 61.4 cm³/mol. The molecule has 0 aliphatic rings. The van der Waals surface area contributed by atoms with Gasteiger partial charge in [-0.25, -0.2) is 9.18 Å². The summed E-state index contributed by atoms with van der Waals surface area (Å²) in [6.07, 6.45) is 1.12. The van der Waals surface area contributed by atoms with Crippen LogP contribution in [0.5, 0.6) is 5.75 Å². The summed E-state index contributed by atoms with van der Waals surface area (Å²) in [5.41, 5.74) is 0.0406. The van der Waals surface area contributed by atoms with Gasteiger partial charge < -0.3 is 14.3 Å². The molecule has 0 aliphatic carbocycles. The SMILES string of the molecule is O=C(O)c1coc(COc2ccc(F)cc2Cl)c1. The maximum atomic E-state index is 12.8. The fraction of sp³-hybridized carbons (Fsp3) is 0.0833. The number of carbonyl (C=O) groups is 1. The molecule has 0 aliphatic heterocycles. The third-order valence-electron chi connectivity index (χ3n) is 2.16.